The van der Waals surface area contributed by atoms with E-state index in [4.69, 9.17) is 9.47 Å². The molecule has 3 heteroatoms. The van der Waals surface area contributed by atoms with E-state index in [1.54, 1.807) is 13.8 Å². The van der Waals surface area contributed by atoms with Crippen LogP contribution in [-0.4, -0.2) is 12.6 Å². The fourth-order valence-electron chi connectivity index (χ4n) is 1.13. The molecule has 16 heavy (non-hydrogen) atoms. The Morgan fingerprint density at radius 1 is 1.38 bits per heavy atom. The van der Waals surface area contributed by atoms with E-state index in [2.05, 4.69) is 0 Å². The normalized spacial score (nSPS) is 11.1. The van der Waals surface area contributed by atoms with Gasteiger partial charge in [-0.05, 0) is 32.4 Å². The number of hydrogen-bond acceptors (Lipinski definition) is 3. The molecule has 0 N–H and O–H groups in total. The third-order valence-electron chi connectivity index (χ3n) is 2.05. The van der Waals surface area contributed by atoms with E-state index in [0.29, 0.717) is 12.2 Å². The molecule has 0 aliphatic rings. The highest BCUT2D eigenvalue weighted by atomic mass is 16.5. The summed E-state index contributed by atoms with van der Waals surface area (Å²) in [5.41, 5.74) is 1.47. The third kappa shape index (κ3) is 3.42. The first-order valence-corrected chi connectivity index (χ1v) is 5.21. The third-order valence-corrected chi connectivity index (χ3v) is 2.05. The zero-order chi connectivity index (χ0) is 12.0. The predicted octanol–water partition coefficient (Wildman–Crippen LogP) is 2.84. The van der Waals surface area contributed by atoms with Gasteiger partial charge in [0.15, 0.2) is 0 Å². The van der Waals surface area contributed by atoms with Gasteiger partial charge in [-0.3, -0.25) is 0 Å². The average Bonchev–Trinajstić information content (AvgIpc) is 2.28. The van der Waals surface area contributed by atoms with Crippen molar-refractivity contribution >= 4 is 5.97 Å². The van der Waals surface area contributed by atoms with E-state index < -0.39 is 0 Å². The summed E-state index contributed by atoms with van der Waals surface area (Å²) in [5, 5.41) is 0. The molecule has 0 atom stereocenters. The monoisotopic (exact) mass is 220 g/mol. The van der Waals surface area contributed by atoms with Crippen LogP contribution in [0.1, 0.15) is 19.4 Å². The Bertz CT molecular complexity index is 394. The van der Waals surface area contributed by atoms with Crippen LogP contribution < -0.4 is 4.74 Å². The van der Waals surface area contributed by atoms with Crippen LogP contribution in [0.25, 0.3) is 0 Å². The van der Waals surface area contributed by atoms with Gasteiger partial charge in [-0.25, -0.2) is 4.79 Å². The van der Waals surface area contributed by atoms with Crippen molar-refractivity contribution in [3.8, 4) is 5.75 Å². The first-order valence-electron chi connectivity index (χ1n) is 5.21. The average molecular weight is 220 g/mol. The van der Waals surface area contributed by atoms with Crippen molar-refractivity contribution in [3.63, 3.8) is 0 Å². The summed E-state index contributed by atoms with van der Waals surface area (Å²) in [6, 6.07) is 7.62. The smallest absolute Gasteiger partial charge is 0.336 e. The number of benzene rings is 1. The second-order valence-corrected chi connectivity index (χ2v) is 3.40. The zero-order valence-corrected chi connectivity index (χ0v) is 9.82. The molecular formula is C13H16O3. The minimum Gasteiger partial charge on any atom is -0.464 e. The molecule has 1 aromatic carbocycles. The predicted molar refractivity (Wildman–Crippen MR) is 62.2 cm³/mol. The van der Waals surface area contributed by atoms with E-state index in [1.165, 1.54) is 6.26 Å². The van der Waals surface area contributed by atoms with Gasteiger partial charge in [-0.2, -0.15) is 0 Å². The van der Waals surface area contributed by atoms with Crippen LogP contribution in [-0.2, 0) is 9.53 Å². The Labute approximate surface area is 95.7 Å². The van der Waals surface area contributed by atoms with Crippen molar-refractivity contribution < 1.29 is 14.3 Å². The Balaban J connectivity index is 2.66. The molecule has 0 fully saturated rings. The van der Waals surface area contributed by atoms with Crippen LogP contribution in [0.2, 0.25) is 0 Å². The molecule has 0 amide bonds. The fourth-order valence-corrected chi connectivity index (χ4v) is 1.13. The number of rotatable bonds is 4. The van der Waals surface area contributed by atoms with Crippen LogP contribution in [0, 0.1) is 6.92 Å². The topological polar surface area (TPSA) is 35.5 Å². The SMILES string of the molecule is CCOC(=O)/C(C)=C/Oc1ccccc1C. The molecule has 0 aromatic heterocycles. The molecule has 0 unspecified atom stereocenters. The van der Waals surface area contributed by atoms with Gasteiger partial charge >= 0.3 is 5.97 Å². The van der Waals surface area contributed by atoms with E-state index in [0.717, 1.165) is 11.3 Å². The van der Waals surface area contributed by atoms with E-state index >= 15 is 0 Å². The van der Waals surface area contributed by atoms with Gasteiger partial charge in [0.25, 0.3) is 0 Å². The molecule has 0 radical (unpaired) electrons. The van der Waals surface area contributed by atoms with Gasteiger partial charge in [0.1, 0.15) is 12.0 Å². The van der Waals surface area contributed by atoms with E-state index in [1.807, 2.05) is 31.2 Å². The molecule has 0 bridgehead atoms. The highest BCUT2D eigenvalue weighted by Crippen LogP contribution is 2.16. The number of carbonyl (C=O) groups is 1. The molecule has 0 aliphatic heterocycles. The molecule has 0 heterocycles. The maximum absolute atomic E-state index is 11.3. The lowest BCUT2D eigenvalue weighted by Gasteiger charge is -2.05. The summed E-state index contributed by atoms with van der Waals surface area (Å²) in [6.07, 6.45) is 1.42. The van der Waals surface area contributed by atoms with Crippen LogP contribution in [0.4, 0.5) is 0 Å². The second kappa shape index (κ2) is 5.95. The van der Waals surface area contributed by atoms with Crippen molar-refractivity contribution in [2.24, 2.45) is 0 Å². The molecule has 0 spiro atoms. The molecule has 0 saturated carbocycles. The quantitative estimate of drug-likeness (QED) is 0.444. The first kappa shape index (κ1) is 12.3. The highest BCUT2D eigenvalue weighted by Gasteiger charge is 2.05. The number of carbonyl (C=O) groups excluding carboxylic acids is 1. The van der Waals surface area contributed by atoms with Crippen LogP contribution in [0.3, 0.4) is 0 Å². The molecule has 0 aliphatic carbocycles. The van der Waals surface area contributed by atoms with Gasteiger partial charge in [0.05, 0.1) is 12.2 Å². The summed E-state index contributed by atoms with van der Waals surface area (Å²) in [5.74, 6) is 0.391. The van der Waals surface area contributed by atoms with Crippen molar-refractivity contribution in [3.05, 3.63) is 41.7 Å². The molecule has 3 nitrogen and oxygen atoms in total. The lowest BCUT2D eigenvalue weighted by Crippen LogP contribution is -2.06. The summed E-state index contributed by atoms with van der Waals surface area (Å²) in [7, 11) is 0. The van der Waals surface area contributed by atoms with Crippen molar-refractivity contribution in [2.75, 3.05) is 6.61 Å². The zero-order valence-electron chi connectivity index (χ0n) is 9.82. The first-order chi connectivity index (χ1) is 7.65. The van der Waals surface area contributed by atoms with E-state index in [-0.39, 0.29) is 5.97 Å². The Kier molecular flexibility index (Phi) is 4.58. The summed E-state index contributed by atoms with van der Waals surface area (Å²) in [4.78, 5) is 11.3. The van der Waals surface area contributed by atoms with Crippen LogP contribution in [0.15, 0.2) is 36.1 Å². The van der Waals surface area contributed by atoms with Gasteiger partial charge < -0.3 is 9.47 Å². The van der Waals surface area contributed by atoms with Crippen LogP contribution >= 0.6 is 0 Å². The van der Waals surface area contributed by atoms with Crippen LogP contribution in [0.5, 0.6) is 5.75 Å². The van der Waals surface area contributed by atoms with Crippen molar-refractivity contribution in [1.82, 2.24) is 0 Å². The molecule has 0 saturated heterocycles. The van der Waals surface area contributed by atoms with Gasteiger partial charge in [0, 0.05) is 0 Å². The number of hydrogen-bond donors (Lipinski definition) is 0. The molecule has 1 rings (SSSR count). The summed E-state index contributed by atoms with van der Waals surface area (Å²) >= 11 is 0. The second-order valence-electron chi connectivity index (χ2n) is 3.40. The maximum Gasteiger partial charge on any atom is 0.336 e. The Morgan fingerprint density at radius 3 is 2.69 bits per heavy atom. The van der Waals surface area contributed by atoms with Gasteiger partial charge in [-0.1, -0.05) is 18.2 Å². The largest absolute Gasteiger partial charge is 0.464 e. The Hall–Kier alpha value is -1.77. The van der Waals surface area contributed by atoms with Gasteiger partial charge in [-0.15, -0.1) is 0 Å². The molecular weight excluding hydrogens is 204 g/mol. The van der Waals surface area contributed by atoms with Gasteiger partial charge in [0.2, 0.25) is 0 Å². The number of ether oxygens (including phenoxy) is 2. The number of esters is 1. The number of aryl methyl sites for hydroxylation is 1. The Morgan fingerprint density at radius 2 is 2.06 bits per heavy atom. The lowest BCUT2D eigenvalue weighted by atomic mass is 10.2. The summed E-state index contributed by atoms with van der Waals surface area (Å²) in [6.45, 7) is 5.75. The minimum absolute atomic E-state index is 0.351. The maximum atomic E-state index is 11.3. The van der Waals surface area contributed by atoms with Crippen molar-refractivity contribution in [2.45, 2.75) is 20.8 Å². The molecule has 1 aromatic rings. The standard InChI is InChI=1S/C13H16O3/c1-4-15-13(14)11(3)9-16-12-8-6-5-7-10(12)2/h5-9H,4H2,1-3H3/b11-9+. The minimum atomic E-state index is -0.351. The van der Waals surface area contributed by atoms with Crippen molar-refractivity contribution in [1.29, 1.82) is 0 Å². The highest BCUT2D eigenvalue weighted by molar-refractivity contribution is 5.87. The lowest BCUT2D eigenvalue weighted by molar-refractivity contribution is -0.138. The van der Waals surface area contributed by atoms with E-state index in [9.17, 15) is 4.79 Å². The molecule has 86 valence electrons. The fraction of sp³-hybridized carbons (Fsp3) is 0.308. The number of para-hydroxylation sites is 1. The summed E-state index contributed by atoms with van der Waals surface area (Å²) < 4.78 is 10.2.